The molecule has 3 fully saturated rings. The zero-order valence-electron chi connectivity index (χ0n) is 13.4. The monoisotopic (exact) mass is 356 g/mol. The van der Waals surface area contributed by atoms with E-state index in [0.717, 1.165) is 43.9 Å². The van der Waals surface area contributed by atoms with Crippen molar-refractivity contribution in [2.24, 2.45) is 17.6 Å². The number of nitrogens with two attached hydrogens (primary N) is 1. The summed E-state index contributed by atoms with van der Waals surface area (Å²) in [6.45, 7) is 0. The van der Waals surface area contributed by atoms with Gasteiger partial charge in [0.25, 0.3) is 15.9 Å². The summed E-state index contributed by atoms with van der Waals surface area (Å²) in [6, 6.07) is 3.06. The van der Waals surface area contributed by atoms with Gasteiger partial charge in [0.05, 0.1) is 17.5 Å². The summed E-state index contributed by atoms with van der Waals surface area (Å²) in [6.07, 6.45) is 4.23. The highest BCUT2D eigenvalue weighted by molar-refractivity contribution is 7.90. The molecule has 0 spiro atoms. The average Bonchev–Trinajstić information content (AvgIpc) is 2.54. The van der Waals surface area contributed by atoms with Crippen LogP contribution in [0.2, 0.25) is 0 Å². The number of halogens is 1. The van der Waals surface area contributed by atoms with Crippen LogP contribution < -0.4 is 15.2 Å². The molecule has 0 aromatic heterocycles. The number of methoxy groups -OCH3 is 1. The summed E-state index contributed by atoms with van der Waals surface area (Å²) < 4.78 is 45.3. The molecule has 0 aliphatic heterocycles. The molecule has 2 bridgehead atoms. The van der Waals surface area contributed by atoms with Gasteiger partial charge in [-0.2, -0.15) is 0 Å². The summed E-state index contributed by atoms with van der Waals surface area (Å²) in [5.41, 5.74) is 5.11. The first-order chi connectivity index (χ1) is 11.2. The maximum absolute atomic E-state index is 13.6. The van der Waals surface area contributed by atoms with Crippen LogP contribution >= 0.6 is 0 Å². The largest absolute Gasteiger partial charge is 0.497 e. The Labute approximate surface area is 140 Å². The molecule has 3 aliphatic rings. The van der Waals surface area contributed by atoms with Crippen LogP contribution in [0, 0.1) is 17.7 Å². The van der Waals surface area contributed by atoms with Crippen LogP contribution in [0.4, 0.5) is 4.39 Å². The molecule has 0 saturated heterocycles. The van der Waals surface area contributed by atoms with Crippen LogP contribution in [-0.2, 0) is 14.8 Å². The van der Waals surface area contributed by atoms with E-state index in [4.69, 9.17) is 10.5 Å². The zero-order valence-corrected chi connectivity index (χ0v) is 14.2. The molecule has 6 nitrogen and oxygen atoms in total. The van der Waals surface area contributed by atoms with Crippen molar-refractivity contribution in [2.75, 3.05) is 7.11 Å². The minimum Gasteiger partial charge on any atom is -0.497 e. The van der Waals surface area contributed by atoms with Gasteiger partial charge >= 0.3 is 0 Å². The topological polar surface area (TPSA) is 98.5 Å². The molecular formula is C16H21FN2O4S. The molecule has 3 N–H and O–H groups in total. The first-order valence-electron chi connectivity index (χ1n) is 7.95. The third-order valence-electron chi connectivity index (χ3n) is 5.24. The van der Waals surface area contributed by atoms with Crippen molar-refractivity contribution in [3.05, 3.63) is 24.0 Å². The van der Waals surface area contributed by atoms with Crippen molar-refractivity contribution in [2.45, 2.75) is 42.5 Å². The molecule has 1 amide bonds. The number of ether oxygens (including phenoxy) is 1. The molecule has 3 aliphatic carbocycles. The fourth-order valence-electron chi connectivity index (χ4n) is 3.89. The highest BCUT2D eigenvalue weighted by Gasteiger charge is 2.50. The fraction of sp³-hybridized carbons (Fsp3) is 0.562. The second-order valence-corrected chi connectivity index (χ2v) is 8.41. The lowest BCUT2D eigenvalue weighted by atomic mass is 9.60. The lowest BCUT2D eigenvalue weighted by molar-refractivity contribution is -0.130. The van der Waals surface area contributed by atoms with Crippen LogP contribution in [0.5, 0.6) is 5.75 Å². The first kappa shape index (κ1) is 17.2. The van der Waals surface area contributed by atoms with E-state index in [0.29, 0.717) is 12.3 Å². The van der Waals surface area contributed by atoms with Crippen molar-refractivity contribution < 1.29 is 22.3 Å². The van der Waals surface area contributed by atoms with E-state index in [1.165, 1.54) is 7.11 Å². The molecule has 3 saturated carbocycles. The Morgan fingerprint density at radius 2 is 1.96 bits per heavy atom. The minimum absolute atomic E-state index is 0.0141. The Kier molecular flexibility index (Phi) is 4.29. The van der Waals surface area contributed by atoms with Gasteiger partial charge < -0.3 is 10.5 Å². The van der Waals surface area contributed by atoms with Gasteiger partial charge in [-0.15, -0.1) is 0 Å². The Morgan fingerprint density at radius 3 is 2.50 bits per heavy atom. The number of fused-ring (bicyclic) bond motifs is 3. The third-order valence-corrected chi connectivity index (χ3v) is 6.55. The van der Waals surface area contributed by atoms with E-state index in [2.05, 4.69) is 0 Å². The first-order valence-corrected chi connectivity index (χ1v) is 9.43. The molecule has 8 heteroatoms. The van der Waals surface area contributed by atoms with E-state index < -0.39 is 27.3 Å². The summed E-state index contributed by atoms with van der Waals surface area (Å²) in [4.78, 5) is 12.2. The fourth-order valence-corrected chi connectivity index (χ4v) is 4.98. The van der Waals surface area contributed by atoms with Crippen LogP contribution in [0.15, 0.2) is 23.1 Å². The molecule has 0 radical (unpaired) electrons. The number of amides is 1. The zero-order chi connectivity index (χ0) is 17.5. The summed E-state index contributed by atoms with van der Waals surface area (Å²) in [7, 11) is -2.92. The van der Waals surface area contributed by atoms with Gasteiger partial charge in [-0.1, -0.05) is 12.8 Å². The normalized spacial score (nSPS) is 29.3. The van der Waals surface area contributed by atoms with Crippen LogP contribution in [0.3, 0.4) is 0 Å². The molecule has 0 heterocycles. The third kappa shape index (κ3) is 3.00. The number of hydrogen-bond acceptors (Lipinski definition) is 5. The van der Waals surface area contributed by atoms with Gasteiger partial charge in [0.1, 0.15) is 11.6 Å². The number of rotatable bonds is 4. The number of carbonyl (C=O) groups is 1. The second kappa shape index (κ2) is 6.00. The smallest absolute Gasteiger partial charge is 0.264 e. The molecule has 132 valence electrons. The molecule has 1 aromatic rings. The molecular weight excluding hydrogens is 335 g/mol. The predicted octanol–water partition coefficient (Wildman–Crippen LogP) is 1.55. The van der Waals surface area contributed by atoms with E-state index in [1.807, 2.05) is 4.72 Å². The van der Waals surface area contributed by atoms with Crippen LogP contribution in [-0.4, -0.2) is 27.0 Å². The molecule has 1 unspecified atom stereocenters. The molecule has 1 atom stereocenters. The molecule has 24 heavy (non-hydrogen) atoms. The number of nitrogens with one attached hydrogen (secondary N) is 1. The van der Waals surface area contributed by atoms with Gasteiger partial charge in [0.15, 0.2) is 0 Å². The number of sulfonamides is 1. The second-order valence-electron chi connectivity index (χ2n) is 6.72. The predicted molar refractivity (Wildman–Crippen MR) is 85.3 cm³/mol. The number of benzene rings is 1. The van der Waals surface area contributed by atoms with E-state index >= 15 is 0 Å². The van der Waals surface area contributed by atoms with Crippen LogP contribution in [0.25, 0.3) is 0 Å². The molecule has 4 rings (SSSR count). The minimum atomic E-state index is -4.22. The highest BCUT2D eigenvalue weighted by Crippen LogP contribution is 2.46. The lowest BCUT2D eigenvalue weighted by Gasteiger charge is -2.48. The van der Waals surface area contributed by atoms with Crippen molar-refractivity contribution in [3.8, 4) is 5.75 Å². The average molecular weight is 356 g/mol. The molecule has 1 aromatic carbocycles. The lowest BCUT2D eigenvalue weighted by Crippen LogP contribution is -2.63. The number of carbonyl (C=O) groups excluding carboxylic acids is 1. The Hall–Kier alpha value is -1.67. The summed E-state index contributed by atoms with van der Waals surface area (Å²) >= 11 is 0. The van der Waals surface area contributed by atoms with Gasteiger partial charge in [-0.25, -0.2) is 17.5 Å². The van der Waals surface area contributed by atoms with Crippen LogP contribution in [0.1, 0.15) is 32.1 Å². The van der Waals surface area contributed by atoms with E-state index in [-0.39, 0.29) is 16.6 Å². The Morgan fingerprint density at radius 1 is 1.29 bits per heavy atom. The standard InChI is InChI=1S/C16H21FN2O4S/c1-23-13-6-12(17)7-14(8-13)24(21,22)19-15(20)16(18)9-10-2-4-11(16)5-3-10/h6-8,10-11H,2-5,9,18H2,1H3,(H,19,20). The van der Waals surface area contributed by atoms with E-state index in [1.54, 1.807) is 0 Å². The van der Waals surface area contributed by atoms with Crippen molar-refractivity contribution >= 4 is 15.9 Å². The van der Waals surface area contributed by atoms with Gasteiger partial charge in [-0.3, -0.25) is 4.79 Å². The van der Waals surface area contributed by atoms with Gasteiger partial charge in [-0.05, 0) is 37.2 Å². The van der Waals surface area contributed by atoms with E-state index in [9.17, 15) is 17.6 Å². The van der Waals surface area contributed by atoms with Crippen molar-refractivity contribution in [3.63, 3.8) is 0 Å². The SMILES string of the molecule is COc1cc(F)cc(S(=O)(=O)NC(=O)C2(N)CC3CCC2CC3)c1. The highest BCUT2D eigenvalue weighted by atomic mass is 32.2. The maximum atomic E-state index is 13.6. The Bertz CT molecular complexity index is 759. The summed E-state index contributed by atoms with van der Waals surface area (Å²) in [5, 5.41) is 0. The van der Waals surface area contributed by atoms with Gasteiger partial charge in [0.2, 0.25) is 0 Å². The van der Waals surface area contributed by atoms with Gasteiger partial charge in [0, 0.05) is 12.1 Å². The van der Waals surface area contributed by atoms with Crippen molar-refractivity contribution in [1.29, 1.82) is 0 Å². The maximum Gasteiger partial charge on any atom is 0.264 e. The Balaban J connectivity index is 1.84. The summed E-state index contributed by atoms with van der Waals surface area (Å²) in [5.74, 6) is -1.06. The quantitative estimate of drug-likeness (QED) is 0.853. The van der Waals surface area contributed by atoms with Crippen molar-refractivity contribution in [1.82, 2.24) is 4.72 Å². The number of hydrogen-bond donors (Lipinski definition) is 2.